The van der Waals surface area contributed by atoms with Crippen LogP contribution in [-0.2, 0) is 0 Å². The van der Waals surface area contributed by atoms with Crippen LogP contribution in [0.15, 0.2) is 16.7 Å². The number of anilines is 1. The largest absolute Gasteiger partial charge is 0.366 e. The predicted octanol–water partition coefficient (Wildman–Crippen LogP) is 3.90. The Morgan fingerprint density at radius 1 is 1.33 bits per heavy atom. The standard InChI is InChI=1S/C12H17BrN2/c1-9-7-11(13)12(14-8-9)15-10-5-3-2-4-6-10/h7-8,10H,2-6H2,1H3,(H,14,15). The maximum absolute atomic E-state index is 4.41. The molecule has 0 radical (unpaired) electrons. The summed E-state index contributed by atoms with van der Waals surface area (Å²) in [5, 5.41) is 3.52. The van der Waals surface area contributed by atoms with E-state index in [1.54, 1.807) is 0 Å². The van der Waals surface area contributed by atoms with Crippen molar-refractivity contribution in [2.24, 2.45) is 0 Å². The number of aryl methyl sites for hydroxylation is 1. The van der Waals surface area contributed by atoms with Crippen molar-refractivity contribution in [1.29, 1.82) is 0 Å². The van der Waals surface area contributed by atoms with E-state index >= 15 is 0 Å². The Morgan fingerprint density at radius 3 is 2.73 bits per heavy atom. The molecule has 3 heteroatoms. The molecule has 1 aromatic rings. The molecule has 1 aromatic heterocycles. The average molecular weight is 269 g/mol. The number of hydrogen-bond donors (Lipinski definition) is 1. The summed E-state index contributed by atoms with van der Waals surface area (Å²) in [7, 11) is 0. The summed E-state index contributed by atoms with van der Waals surface area (Å²) >= 11 is 3.55. The first kappa shape index (κ1) is 10.9. The Balaban J connectivity index is 2.03. The summed E-state index contributed by atoms with van der Waals surface area (Å²) in [6.07, 6.45) is 8.56. The molecular formula is C12H17BrN2. The highest BCUT2D eigenvalue weighted by Crippen LogP contribution is 2.25. The predicted molar refractivity (Wildman–Crippen MR) is 67.2 cm³/mol. The number of nitrogens with zero attached hydrogens (tertiary/aromatic N) is 1. The van der Waals surface area contributed by atoms with Gasteiger partial charge in [-0.25, -0.2) is 4.98 Å². The highest BCUT2D eigenvalue weighted by atomic mass is 79.9. The van der Waals surface area contributed by atoms with Gasteiger partial charge in [-0.15, -0.1) is 0 Å². The molecule has 0 spiro atoms. The van der Waals surface area contributed by atoms with Crippen molar-refractivity contribution in [3.63, 3.8) is 0 Å². The van der Waals surface area contributed by atoms with E-state index in [2.05, 4.69) is 39.2 Å². The third-order valence-corrected chi connectivity index (χ3v) is 3.53. The molecule has 0 aliphatic heterocycles. The Bertz CT molecular complexity index is 332. The van der Waals surface area contributed by atoms with Crippen molar-refractivity contribution in [1.82, 2.24) is 4.98 Å². The highest BCUT2D eigenvalue weighted by Gasteiger charge is 2.14. The summed E-state index contributed by atoms with van der Waals surface area (Å²) in [5.74, 6) is 0.993. The van der Waals surface area contributed by atoms with Gasteiger partial charge >= 0.3 is 0 Å². The van der Waals surface area contributed by atoms with Crippen LogP contribution in [-0.4, -0.2) is 11.0 Å². The Morgan fingerprint density at radius 2 is 2.07 bits per heavy atom. The zero-order chi connectivity index (χ0) is 10.7. The summed E-state index contributed by atoms with van der Waals surface area (Å²) in [6, 6.07) is 2.73. The minimum atomic E-state index is 0.616. The fraction of sp³-hybridized carbons (Fsp3) is 0.583. The molecule has 1 saturated carbocycles. The number of halogens is 1. The van der Waals surface area contributed by atoms with Gasteiger partial charge in [-0.2, -0.15) is 0 Å². The molecule has 2 rings (SSSR count). The summed E-state index contributed by atoms with van der Waals surface area (Å²) in [4.78, 5) is 4.41. The molecule has 15 heavy (non-hydrogen) atoms. The van der Waals surface area contributed by atoms with Gasteiger partial charge in [-0.3, -0.25) is 0 Å². The van der Waals surface area contributed by atoms with E-state index < -0.39 is 0 Å². The molecule has 0 atom stereocenters. The smallest absolute Gasteiger partial charge is 0.140 e. The molecule has 82 valence electrons. The first-order valence-electron chi connectivity index (χ1n) is 5.64. The number of rotatable bonds is 2. The van der Waals surface area contributed by atoms with Crippen LogP contribution in [0.5, 0.6) is 0 Å². The SMILES string of the molecule is Cc1cnc(NC2CCCCC2)c(Br)c1. The Labute approximate surface area is 99.6 Å². The molecule has 0 bridgehead atoms. The van der Waals surface area contributed by atoms with E-state index in [-0.39, 0.29) is 0 Å². The monoisotopic (exact) mass is 268 g/mol. The third kappa shape index (κ3) is 2.94. The second-order valence-corrected chi connectivity index (χ2v) is 5.18. The van der Waals surface area contributed by atoms with Gasteiger partial charge in [0.1, 0.15) is 5.82 Å². The quantitative estimate of drug-likeness (QED) is 0.880. The van der Waals surface area contributed by atoms with E-state index in [1.165, 1.54) is 37.7 Å². The lowest BCUT2D eigenvalue weighted by Gasteiger charge is -2.23. The van der Waals surface area contributed by atoms with Gasteiger partial charge in [-0.1, -0.05) is 19.3 Å². The molecular weight excluding hydrogens is 252 g/mol. The molecule has 0 aromatic carbocycles. The number of pyridine rings is 1. The van der Waals surface area contributed by atoms with Crippen LogP contribution in [0.4, 0.5) is 5.82 Å². The lowest BCUT2D eigenvalue weighted by atomic mass is 9.95. The molecule has 1 aliphatic rings. The van der Waals surface area contributed by atoms with Crippen LogP contribution in [0.25, 0.3) is 0 Å². The summed E-state index contributed by atoms with van der Waals surface area (Å²) in [6.45, 7) is 2.06. The van der Waals surface area contributed by atoms with Crippen molar-refractivity contribution < 1.29 is 0 Å². The molecule has 0 unspecified atom stereocenters. The number of hydrogen-bond acceptors (Lipinski definition) is 2. The van der Waals surface area contributed by atoms with Crippen molar-refractivity contribution in [3.05, 3.63) is 22.3 Å². The van der Waals surface area contributed by atoms with Crippen molar-refractivity contribution in [3.8, 4) is 0 Å². The molecule has 1 N–H and O–H groups in total. The molecule has 0 saturated heterocycles. The van der Waals surface area contributed by atoms with E-state index in [4.69, 9.17) is 0 Å². The van der Waals surface area contributed by atoms with Crippen LogP contribution < -0.4 is 5.32 Å². The van der Waals surface area contributed by atoms with Gasteiger partial charge in [-0.05, 0) is 47.3 Å². The molecule has 1 fully saturated rings. The number of aromatic nitrogens is 1. The summed E-state index contributed by atoms with van der Waals surface area (Å²) < 4.78 is 1.08. The van der Waals surface area contributed by atoms with Gasteiger partial charge < -0.3 is 5.32 Å². The van der Waals surface area contributed by atoms with Crippen molar-refractivity contribution in [2.45, 2.75) is 45.1 Å². The van der Waals surface area contributed by atoms with Gasteiger partial charge in [0, 0.05) is 12.2 Å². The Hall–Kier alpha value is -0.570. The minimum Gasteiger partial charge on any atom is -0.366 e. The van der Waals surface area contributed by atoms with Gasteiger partial charge in [0.05, 0.1) is 4.47 Å². The van der Waals surface area contributed by atoms with Crippen LogP contribution in [0.2, 0.25) is 0 Å². The normalized spacial score (nSPS) is 17.7. The lowest BCUT2D eigenvalue weighted by Crippen LogP contribution is -2.23. The number of nitrogens with one attached hydrogen (secondary N) is 1. The van der Waals surface area contributed by atoms with Gasteiger partial charge in [0.15, 0.2) is 0 Å². The topological polar surface area (TPSA) is 24.9 Å². The fourth-order valence-electron chi connectivity index (χ4n) is 2.08. The zero-order valence-corrected chi connectivity index (χ0v) is 10.7. The second kappa shape index (κ2) is 4.97. The third-order valence-electron chi connectivity index (χ3n) is 2.92. The zero-order valence-electron chi connectivity index (χ0n) is 9.09. The van der Waals surface area contributed by atoms with E-state index in [1.807, 2.05) is 6.20 Å². The van der Waals surface area contributed by atoms with Crippen LogP contribution in [0.3, 0.4) is 0 Å². The van der Waals surface area contributed by atoms with E-state index in [0.29, 0.717) is 6.04 Å². The van der Waals surface area contributed by atoms with Crippen LogP contribution >= 0.6 is 15.9 Å². The van der Waals surface area contributed by atoms with E-state index in [9.17, 15) is 0 Å². The highest BCUT2D eigenvalue weighted by molar-refractivity contribution is 9.10. The average Bonchev–Trinajstić information content (AvgIpc) is 2.24. The Kier molecular flexibility index (Phi) is 3.62. The van der Waals surface area contributed by atoms with Crippen molar-refractivity contribution in [2.75, 3.05) is 5.32 Å². The second-order valence-electron chi connectivity index (χ2n) is 4.32. The van der Waals surface area contributed by atoms with Crippen LogP contribution in [0.1, 0.15) is 37.7 Å². The fourth-order valence-corrected chi connectivity index (χ4v) is 2.66. The summed E-state index contributed by atoms with van der Waals surface area (Å²) in [5.41, 5.74) is 1.19. The maximum atomic E-state index is 4.41. The maximum Gasteiger partial charge on any atom is 0.140 e. The van der Waals surface area contributed by atoms with Crippen molar-refractivity contribution >= 4 is 21.7 Å². The molecule has 2 nitrogen and oxygen atoms in total. The van der Waals surface area contributed by atoms with Gasteiger partial charge in [0.25, 0.3) is 0 Å². The molecule has 1 heterocycles. The molecule has 0 amide bonds. The molecule has 1 aliphatic carbocycles. The van der Waals surface area contributed by atoms with Gasteiger partial charge in [0.2, 0.25) is 0 Å². The minimum absolute atomic E-state index is 0.616. The van der Waals surface area contributed by atoms with E-state index in [0.717, 1.165) is 10.3 Å². The lowest BCUT2D eigenvalue weighted by molar-refractivity contribution is 0.461. The first-order chi connectivity index (χ1) is 7.25. The first-order valence-corrected chi connectivity index (χ1v) is 6.43. The van der Waals surface area contributed by atoms with Crippen LogP contribution in [0, 0.1) is 6.92 Å².